The first-order valence-corrected chi connectivity index (χ1v) is 6.68. The van der Waals surface area contributed by atoms with Gasteiger partial charge in [0.2, 0.25) is 0 Å². The van der Waals surface area contributed by atoms with Crippen LogP contribution >= 0.6 is 0 Å². The summed E-state index contributed by atoms with van der Waals surface area (Å²) in [5.74, 6) is 0.638. The fraction of sp³-hybridized carbons (Fsp3) is 0.533. The van der Waals surface area contributed by atoms with Crippen molar-refractivity contribution in [1.29, 1.82) is 0 Å². The first-order valence-electron chi connectivity index (χ1n) is 6.68. The van der Waals surface area contributed by atoms with Crippen molar-refractivity contribution in [3.05, 3.63) is 29.8 Å². The number of esters is 1. The summed E-state index contributed by atoms with van der Waals surface area (Å²) < 4.78 is 10.5. The third-order valence-electron chi connectivity index (χ3n) is 2.55. The Labute approximate surface area is 115 Å². The lowest BCUT2D eigenvalue weighted by Gasteiger charge is -2.13. The first-order chi connectivity index (χ1) is 9.02. The molecule has 1 aromatic rings. The maximum atomic E-state index is 11.4. The van der Waals surface area contributed by atoms with Gasteiger partial charge >= 0.3 is 5.97 Å². The molecule has 0 aromatic heterocycles. The lowest BCUT2D eigenvalue weighted by atomic mass is 10.2. The van der Waals surface area contributed by atoms with Gasteiger partial charge in [-0.2, -0.15) is 0 Å². The predicted molar refractivity (Wildman–Crippen MR) is 75.1 cm³/mol. The van der Waals surface area contributed by atoms with Crippen LogP contribution in [0.3, 0.4) is 0 Å². The third kappa shape index (κ3) is 5.75. The lowest BCUT2D eigenvalue weighted by Crippen LogP contribution is -2.34. The van der Waals surface area contributed by atoms with Crippen molar-refractivity contribution >= 4 is 5.97 Å². The van der Waals surface area contributed by atoms with Crippen molar-refractivity contribution < 1.29 is 14.3 Å². The summed E-state index contributed by atoms with van der Waals surface area (Å²) in [5, 5.41) is 3.13. The molecule has 0 fully saturated rings. The molecule has 0 spiro atoms. The second-order valence-corrected chi connectivity index (χ2v) is 4.67. The molecule has 1 rings (SSSR count). The Bertz CT molecular complexity index is 387. The van der Waals surface area contributed by atoms with Gasteiger partial charge in [0.1, 0.15) is 11.8 Å². The van der Waals surface area contributed by atoms with Gasteiger partial charge in [-0.15, -0.1) is 0 Å². The zero-order chi connectivity index (χ0) is 14.3. The van der Waals surface area contributed by atoms with E-state index in [1.54, 1.807) is 13.8 Å². The van der Waals surface area contributed by atoms with Crippen LogP contribution in [-0.4, -0.2) is 24.7 Å². The second kappa shape index (κ2) is 7.79. The molecule has 0 saturated heterocycles. The Morgan fingerprint density at radius 1 is 1.21 bits per heavy atom. The summed E-state index contributed by atoms with van der Waals surface area (Å²) in [6.45, 7) is 8.63. The molecule has 0 aliphatic rings. The van der Waals surface area contributed by atoms with Crippen molar-refractivity contribution in [2.24, 2.45) is 0 Å². The van der Waals surface area contributed by atoms with Gasteiger partial charge in [-0.3, -0.25) is 4.79 Å². The number of rotatable bonds is 7. The minimum atomic E-state index is -0.299. The van der Waals surface area contributed by atoms with Crippen LogP contribution in [0.1, 0.15) is 33.3 Å². The Hall–Kier alpha value is -1.55. The number of carbonyl (C=O) groups is 1. The smallest absolute Gasteiger partial charge is 0.322 e. The summed E-state index contributed by atoms with van der Waals surface area (Å²) in [5.41, 5.74) is 1.10. The molecule has 0 radical (unpaired) electrons. The number of nitrogens with one attached hydrogen (secondary N) is 1. The van der Waals surface area contributed by atoms with Crippen molar-refractivity contribution in [2.45, 2.75) is 46.4 Å². The summed E-state index contributed by atoms with van der Waals surface area (Å²) in [6, 6.07) is 7.55. The average molecular weight is 265 g/mol. The molecule has 1 N–H and O–H groups in total. The molecule has 1 unspecified atom stereocenters. The fourth-order valence-corrected chi connectivity index (χ4v) is 1.58. The molecule has 4 heteroatoms. The highest BCUT2D eigenvalue weighted by Gasteiger charge is 2.12. The van der Waals surface area contributed by atoms with E-state index in [4.69, 9.17) is 9.47 Å². The zero-order valence-electron chi connectivity index (χ0n) is 12.1. The van der Waals surface area contributed by atoms with Crippen LogP contribution in [0.2, 0.25) is 0 Å². The van der Waals surface area contributed by atoms with E-state index in [2.05, 4.69) is 5.32 Å². The first kappa shape index (κ1) is 15.5. The molecular weight excluding hydrogens is 242 g/mol. The fourth-order valence-electron chi connectivity index (χ4n) is 1.58. The quantitative estimate of drug-likeness (QED) is 0.770. The Morgan fingerprint density at radius 3 is 2.37 bits per heavy atom. The zero-order valence-corrected chi connectivity index (χ0v) is 12.1. The largest absolute Gasteiger partial charge is 0.491 e. The van der Waals surface area contributed by atoms with E-state index in [-0.39, 0.29) is 18.1 Å². The highest BCUT2D eigenvalue weighted by molar-refractivity contribution is 5.75. The number of hydrogen-bond acceptors (Lipinski definition) is 4. The molecule has 106 valence electrons. The number of hydrogen-bond donors (Lipinski definition) is 1. The van der Waals surface area contributed by atoms with Crippen LogP contribution in [0.25, 0.3) is 0 Å². The van der Waals surface area contributed by atoms with Gasteiger partial charge in [0.15, 0.2) is 0 Å². The minimum absolute atomic E-state index is 0.174. The second-order valence-electron chi connectivity index (χ2n) is 4.67. The van der Waals surface area contributed by atoms with E-state index in [9.17, 15) is 4.79 Å². The molecule has 0 bridgehead atoms. The standard InChI is InChI=1S/C15H23NO3/c1-5-18-15(17)12(4)16-10-13-6-8-14(9-7-13)19-11(2)3/h6-9,11-12,16H,5,10H2,1-4H3. The molecule has 1 aromatic carbocycles. The van der Waals surface area contributed by atoms with Gasteiger partial charge < -0.3 is 14.8 Å². The van der Waals surface area contributed by atoms with E-state index >= 15 is 0 Å². The Balaban J connectivity index is 2.43. The van der Waals surface area contributed by atoms with Crippen LogP contribution in [0.15, 0.2) is 24.3 Å². The van der Waals surface area contributed by atoms with E-state index in [0.29, 0.717) is 13.2 Å². The van der Waals surface area contributed by atoms with E-state index in [1.807, 2.05) is 38.1 Å². The molecule has 0 aliphatic heterocycles. The maximum absolute atomic E-state index is 11.4. The van der Waals surface area contributed by atoms with Gasteiger partial charge in [0, 0.05) is 6.54 Å². The minimum Gasteiger partial charge on any atom is -0.491 e. The number of benzene rings is 1. The highest BCUT2D eigenvalue weighted by atomic mass is 16.5. The molecule has 0 aliphatic carbocycles. The van der Waals surface area contributed by atoms with Crippen molar-refractivity contribution in [2.75, 3.05) is 6.61 Å². The van der Waals surface area contributed by atoms with E-state index < -0.39 is 0 Å². The number of ether oxygens (including phenoxy) is 2. The summed E-state index contributed by atoms with van der Waals surface area (Å²) >= 11 is 0. The normalized spacial score (nSPS) is 12.3. The van der Waals surface area contributed by atoms with Gasteiger partial charge in [0.25, 0.3) is 0 Å². The third-order valence-corrected chi connectivity index (χ3v) is 2.55. The summed E-state index contributed by atoms with van der Waals surface area (Å²) in [4.78, 5) is 11.4. The predicted octanol–water partition coefficient (Wildman–Crippen LogP) is 2.52. The molecule has 0 amide bonds. The monoisotopic (exact) mass is 265 g/mol. The number of carbonyl (C=O) groups excluding carboxylic acids is 1. The Morgan fingerprint density at radius 2 is 1.84 bits per heavy atom. The Kier molecular flexibility index (Phi) is 6.36. The molecular formula is C15H23NO3. The topological polar surface area (TPSA) is 47.6 Å². The van der Waals surface area contributed by atoms with Crippen molar-refractivity contribution in [3.63, 3.8) is 0 Å². The lowest BCUT2D eigenvalue weighted by molar-refractivity contribution is -0.145. The van der Waals surface area contributed by atoms with Crippen LogP contribution in [0.4, 0.5) is 0 Å². The van der Waals surface area contributed by atoms with Gasteiger partial charge in [0.05, 0.1) is 12.7 Å². The molecule has 0 heterocycles. The highest BCUT2D eigenvalue weighted by Crippen LogP contribution is 2.13. The average Bonchev–Trinajstić information content (AvgIpc) is 2.37. The van der Waals surface area contributed by atoms with Crippen LogP contribution in [0, 0.1) is 0 Å². The van der Waals surface area contributed by atoms with E-state index in [1.165, 1.54) is 0 Å². The van der Waals surface area contributed by atoms with Gasteiger partial charge in [-0.1, -0.05) is 12.1 Å². The molecule has 19 heavy (non-hydrogen) atoms. The van der Waals surface area contributed by atoms with Crippen molar-refractivity contribution in [1.82, 2.24) is 5.32 Å². The summed E-state index contributed by atoms with van der Waals surface area (Å²) in [7, 11) is 0. The molecule has 4 nitrogen and oxygen atoms in total. The SMILES string of the molecule is CCOC(=O)C(C)NCc1ccc(OC(C)C)cc1. The van der Waals surface area contributed by atoms with Crippen LogP contribution in [-0.2, 0) is 16.1 Å². The van der Waals surface area contributed by atoms with Crippen LogP contribution < -0.4 is 10.1 Å². The van der Waals surface area contributed by atoms with Gasteiger partial charge in [-0.25, -0.2) is 0 Å². The van der Waals surface area contributed by atoms with Crippen LogP contribution in [0.5, 0.6) is 5.75 Å². The van der Waals surface area contributed by atoms with E-state index in [0.717, 1.165) is 11.3 Å². The summed E-state index contributed by atoms with van der Waals surface area (Å²) in [6.07, 6.45) is 0.174. The molecule has 0 saturated carbocycles. The maximum Gasteiger partial charge on any atom is 0.322 e. The van der Waals surface area contributed by atoms with Gasteiger partial charge in [-0.05, 0) is 45.4 Å². The van der Waals surface area contributed by atoms with Crippen molar-refractivity contribution in [3.8, 4) is 5.75 Å². The molecule has 1 atom stereocenters.